The molecule has 1 saturated heterocycles. The number of aliphatic hydroxyl groups excluding tert-OH is 1. The van der Waals surface area contributed by atoms with Crippen molar-refractivity contribution in [3.05, 3.63) is 29.0 Å². The van der Waals surface area contributed by atoms with Crippen LogP contribution < -0.4 is 0 Å². The first-order chi connectivity index (χ1) is 7.72. The second kappa shape index (κ2) is 4.80. The predicted octanol–water partition coefficient (Wildman–Crippen LogP) is 1.19. The molecule has 2 rings (SSSR count). The van der Waals surface area contributed by atoms with E-state index in [0.717, 1.165) is 6.42 Å². The Morgan fingerprint density at radius 3 is 3.12 bits per heavy atom. The van der Waals surface area contributed by atoms with Crippen molar-refractivity contribution in [3.63, 3.8) is 0 Å². The molecule has 5 heteroatoms. The summed E-state index contributed by atoms with van der Waals surface area (Å²) in [6.45, 7) is 1.42. The molecule has 4 nitrogen and oxygen atoms in total. The molecule has 0 aromatic carbocycles. The summed E-state index contributed by atoms with van der Waals surface area (Å²) < 4.78 is 0. The van der Waals surface area contributed by atoms with Crippen molar-refractivity contribution < 1.29 is 9.90 Å². The Kier molecular flexibility index (Phi) is 3.41. The van der Waals surface area contributed by atoms with Crippen LogP contribution in [0.1, 0.15) is 16.8 Å². The highest BCUT2D eigenvalue weighted by Gasteiger charge is 2.27. The van der Waals surface area contributed by atoms with Crippen molar-refractivity contribution in [1.29, 1.82) is 0 Å². The minimum absolute atomic E-state index is 0.0802. The zero-order valence-electron chi connectivity index (χ0n) is 8.77. The zero-order chi connectivity index (χ0) is 11.5. The molecular formula is C11H13ClN2O2. The summed E-state index contributed by atoms with van der Waals surface area (Å²) in [7, 11) is 0. The number of carbonyl (C=O) groups excluding carboxylic acids is 1. The van der Waals surface area contributed by atoms with Crippen LogP contribution in [0.4, 0.5) is 0 Å². The summed E-state index contributed by atoms with van der Waals surface area (Å²) in [5, 5.41) is 9.39. The smallest absolute Gasteiger partial charge is 0.255 e. The molecule has 2 heterocycles. The van der Waals surface area contributed by atoms with Gasteiger partial charge in [-0.2, -0.15) is 0 Å². The molecule has 1 aliphatic heterocycles. The predicted molar refractivity (Wildman–Crippen MR) is 60.3 cm³/mol. The summed E-state index contributed by atoms with van der Waals surface area (Å²) in [5.74, 6) is 0.118. The number of pyridine rings is 1. The summed E-state index contributed by atoms with van der Waals surface area (Å²) in [5.41, 5.74) is 0.482. The third kappa shape index (κ3) is 2.18. The number of halogens is 1. The van der Waals surface area contributed by atoms with Crippen LogP contribution in [0.15, 0.2) is 18.5 Å². The molecule has 0 unspecified atom stereocenters. The maximum Gasteiger partial charge on any atom is 0.255 e. The van der Waals surface area contributed by atoms with Crippen molar-refractivity contribution in [1.82, 2.24) is 9.88 Å². The van der Waals surface area contributed by atoms with E-state index in [1.807, 2.05) is 0 Å². The monoisotopic (exact) mass is 240 g/mol. The average molecular weight is 241 g/mol. The van der Waals surface area contributed by atoms with Gasteiger partial charge in [0.1, 0.15) is 0 Å². The van der Waals surface area contributed by atoms with Crippen molar-refractivity contribution in [2.45, 2.75) is 6.42 Å². The maximum absolute atomic E-state index is 12.1. The number of amides is 1. The molecule has 0 spiro atoms. The van der Waals surface area contributed by atoms with Gasteiger partial charge in [0.05, 0.1) is 10.6 Å². The molecule has 1 atom stereocenters. The van der Waals surface area contributed by atoms with Gasteiger partial charge in [0.15, 0.2) is 0 Å². The number of likely N-dealkylation sites (tertiary alicyclic amines) is 1. The third-order valence-corrected chi connectivity index (χ3v) is 3.14. The van der Waals surface area contributed by atoms with Gasteiger partial charge in [0.2, 0.25) is 0 Å². The second-order valence-electron chi connectivity index (χ2n) is 3.94. The quantitative estimate of drug-likeness (QED) is 0.845. The van der Waals surface area contributed by atoms with E-state index in [-0.39, 0.29) is 18.4 Å². The van der Waals surface area contributed by atoms with Gasteiger partial charge in [-0.05, 0) is 12.5 Å². The lowest BCUT2D eigenvalue weighted by Gasteiger charge is -2.16. The number of hydrogen-bond donors (Lipinski definition) is 1. The normalized spacial score (nSPS) is 20.1. The topological polar surface area (TPSA) is 53.4 Å². The molecule has 1 fully saturated rings. The van der Waals surface area contributed by atoms with Gasteiger partial charge in [-0.3, -0.25) is 9.78 Å². The van der Waals surface area contributed by atoms with E-state index >= 15 is 0 Å². The van der Waals surface area contributed by atoms with Crippen molar-refractivity contribution in [2.24, 2.45) is 5.92 Å². The van der Waals surface area contributed by atoms with Gasteiger partial charge in [0, 0.05) is 38.0 Å². The number of carbonyl (C=O) groups is 1. The number of nitrogens with zero attached hydrogens (tertiary/aromatic N) is 2. The van der Waals surface area contributed by atoms with Crippen LogP contribution in [0.5, 0.6) is 0 Å². The molecule has 0 bridgehead atoms. The molecule has 0 radical (unpaired) electrons. The fraction of sp³-hybridized carbons (Fsp3) is 0.455. The van der Waals surface area contributed by atoms with Crippen LogP contribution in [0, 0.1) is 5.92 Å². The van der Waals surface area contributed by atoms with E-state index in [9.17, 15) is 4.79 Å². The lowest BCUT2D eigenvalue weighted by atomic mass is 10.1. The summed E-state index contributed by atoms with van der Waals surface area (Å²) in [4.78, 5) is 17.6. The molecule has 16 heavy (non-hydrogen) atoms. The second-order valence-corrected chi connectivity index (χ2v) is 4.35. The number of rotatable bonds is 2. The minimum atomic E-state index is -0.0802. The summed E-state index contributed by atoms with van der Waals surface area (Å²) >= 11 is 5.91. The fourth-order valence-corrected chi connectivity index (χ4v) is 2.09. The minimum Gasteiger partial charge on any atom is -0.396 e. The highest BCUT2D eigenvalue weighted by molar-refractivity contribution is 6.33. The number of aliphatic hydroxyl groups is 1. The van der Waals surface area contributed by atoms with Crippen LogP contribution in [-0.2, 0) is 0 Å². The third-order valence-electron chi connectivity index (χ3n) is 2.83. The van der Waals surface area contributed by atoms with Crippen molar-refractivity contribution in [3.8, 4) is 0 Å². The zero-order valence-corrected chi connectivity index (χ0v) is 9.52. The maximum atomic E-state index is 12.1. The number of hydrogen-bond acceptors (Lipinski definition) is 3. The first-order valence-corrected chi connectivity index (χ1v) is 5.60. The lowest BCUT2D eigenvalue weighted by Crippen LogP contribution is -2.29. The van der Waals surface area contributed by atoms with Crippen LogP contribution in [0.3, 0.4) is 0 Å². The molecule has 1 aliphatic rings. The Bertz CT molecular complexity index is 397. The van der Waals surface area contributed by atoms with Crippen molar-refractivity contribution >= 4 is 17.5 Å². The van der Waals surface area contributed by atoms with E-state index in [1.165, 1.54) is 6.20 Å². The highest BCUT2D eigenvalue weighted by atomic mass is 35.5. The Labute approximate surface area is 98.9 Å². The molecule has 0 saturated carbocycles. The molecule has 0 aliphatic carbocycles. The SMILES string of the molecule is O=C(c1ccncc1Cl)N1CC[C@H](CO)C1. The molecule has 1 aromatic heterocycles. The Balaban J connectivity index is 2.12. The summed E-state index contributed by atoms with van der Waals surface area (Å²) in [6, 6.07) is 1.62. The van der Waals surface area contributed by atoms with Gasteiger partial charge in [-0.25, -0.2) is 0 Å². The summed E-state index contributed by atoms with van der Waals surface area (Å²) in [6.07, 6.45) is 3.87. The Morgan fingerprint density at radius 2 is 2.50 bits per heavy atom. The van der Waals surface area contributed by atoms with Crippen LogP contribution in [0.2, 0.25) is 5.02 Å². The van der Waals surface area contributed by atoms with E-state index < -0.39 is 0 Å². The fourth-order valence-electron chi connectivity index (χ4n) is 1.89. The van der Waals surface area contributed by atoms with E-state index in [2.05, 4.69) is 4.98 Å². The van der Waals surface area contributed by atoms with E-state index in [4.69, 9.17) is 16.7 Å². The average Bonchev–Trinajstić information content (AvgIpc) is 2.77. The molecule has 86 valence electrons. The van der Waals surface area contributed by atoms with E-state index in [0.29, 0.717) is 23.7 Å². The standard InChI is InChI=1S/C11H13ClN2O2/c12-10-5-13-3-1-9(10)11(16)14-4-2-8(6-14)7-15/h1,3,5,8,15H,2,4,6-7H2/t8-/m0/s1. The van der Waals surface area contributed by atoms with Crippen molar-refractivity contribution in [2.75, 3.05) is 19.7 Å². The van der Waals surface area contributed by atoms with Crippen LogP contribution in [0.25, 0.3) is 0 Å². The van der Waals surface area contributed by atoms with Gasteiger partial charge in [0.25, 0.3) is 5.91 Å². The van der Waals surface area contributed by atoms with Crippen LogP contribution in [-0.4, -0.2) is 40.6 Å². The first kappa shape index (κ1) is 11.4. The van der Waals surface area contributed by atoms with Gasteiger partial charge in [-0.1, -0.05) is 11.6 Å². The van der Waals surface area contributed by atoms with Gasteiger partial charge in [-0.15, -0.1) is 0 Å². The highest BCUT2D eigenvalue weighted by Crippen LogP contribution is 2.21. The number of aromatic nitrogens is 1. The molecule has 1 aromatic rings. The Morgan fingerprint density at radius 1 is 1.69 bits per heavy atom. The van der Waals surface area contributed by atoms with E-state index in [1.54, 1.807) is 17.2 Å². The Hall–Kier alpha value is -1.13. The lowest BCUT2D eigenvalue weighted by molar-refractivity contribution is 0.0782. The molecule has 1 amide bonds. The first-order valence-electron chi connectivity index (χ1n) is 5.22. The van der Waals surface area contributed by atoms with Gasteiger partial charge < -0.3 is 10.0 Å². The van der Waals surface area contributed by atoms with Crippen LogP contribution >= 0.6 is 11.6 Å². The molecular weight excluding hydrogens is 228 g/mol. The largest absolute Gasteiger partial charge is 0.396 e. The van der Waals surface area contributed by atoms with Gasteiger partial charge >= 0.3 is 0 Å². The molecule has 1 N–H and O–H groups in total.